The fourth-order valence-corrected chi connectivity index (χ4v) is 5.18. The molecule has 184 valence electrons. The van der Waals surface area contributed by atoms with Crippen molar-refractivity contribution in [3.05, 3.63) is 78.6 Å². The lowest BCUT2D eigenvalue weighted by molar-refractivity contribution is -0.130. The van der Waals surface area contributed by atoms with Crippen molar-refractivity contribution in [3.8, 4) is 0 Å². The lowest BCUT2D eigenvalue weighted by Gasteiger charge is -2.36. The Morgan fingerprint density at radius 2 is 1.86 bits per heavy atom. The minimum absolute atomic E-state index is 0. The van der Waals surface area contributed by atoms with Crippen LogP contribution >= 0.6 is 0 Å². The number of benzene rings is 2. The van der Waals surface area contributed by atoms with Gasteiger partial charge in [0.2, 0.25) is 5.91 Å². The van der Waals surface area contributed by atoms with Gasteiger partial charge < -0.3 is 14.8 Å². The number of carbonyl (C=O) groups is 1. The zero-order valence-corrected chi connectivity index (χ0v) is 19.5. The van der Waals surface area contributed by atoms with E-state index in [-0.39, 0.29) is 31.7 Å². The standard InChI is InChI=1S/C24H23FN6O3S.2H2/c25-18-1-6-22-21(14-18)17(15-27-22)13-24(32)31-11-9-30(10-12-31)19-2-4-20(5-3-19)35(33,34)29-23-7-8-26-16-28-23;;/h1-8,14-16,27H,9-13H2,(H,26,28,29);2*1H. The number of carbonyl (C=O) groups excluding carboxylic acids is 1. The molecule has 2 aromatic carbocycles. The predicted molar refractivity (Wildman–Crippen MR) is 134 cm³/mol. The molecule has 1 saturated heterocycles. The van der Waals surface area contributed by atoms with Crippen LogP contribution in [-0.4, -0.2) is 60.4 Å². The number of rotatable bonds is 6. The van der Waals surface area contributed by atoms with Crippen molar-refractivity contribution in [1.82, 2.24) is 19.9 Å². The molecule has 0 bridgehead atoms. The maximum atomic E-state index is 13.6. The first-order valence-corrected chi connectivity index (χ1v) is 12.5. The van der Waals surface area contributed by atoms with Crippen molar-refractivity contribution in [2.75, 3.05) is 35.8 Å². The van der Waals surface area contributed by atoms with Gasteiger partial charge >= 0.3 is 0 Å². The Morgan fingerprint density at radius 3 is 2.57 bits per heavy atom. The maximum absolute atomic E-state index is 13.6. The van der Waals surface area contributed by atoms with Gasteiger partial charge in [0.1, 0.15) is 18.0 Å². The molecule has 0 radical (unpaired) electrons. The molecule has 1 amide bonds. The molecular formula is C24H27FN6O3S. The number of aromatic nitrogens is 3. The third kappa shape index (κ3) is 4.94. The number of hydrogen-bond acceptors (Lipinski definition) is 6. The van der Waals surface area contributed by atoms with Crippen LogP contribution in [-0.2, 0) is 21.2 Å². The van der Waals surface area contributed by atoms with Gasteiger partial charge in [-0.3, -0.25) is 9.52 Å². The fraction of sp³-hybridized carbons (Fsp3) is 0.208. The molecule has 0 saturated carbocycles. The molecule has 1 fully saturated rings. The average Bonchev–Trinajstić information content (AvgIpc) is 3.26. The summed E-state index contributed by atoms with van der Waals surface area (Å²) in [6.45, 7) is 2.34. The normalized spacial score (nSPS) is 14.3. The Kier molecular flexibility index (Phi) is 6.08. The highest BCUT2D eigenvalue weighted by molar-refractivity contribution is 7.92. The summed E-state index contributed by atoms with van der Waals surface area (Å²) in [6, 6.07) is 12.6. The second kappa shape index (κ2) is 9.34. The van der Waals surface area contributed by atoms with Gasteiger partial charge in [-0.15, -0.1) is 0 Å². The summed E-state index contributed by atoms with van der Waals surface area (Å²) in [4.78, 5) is 27.6. The first-order chi connectivity index (χ1) is 16.9. The van der Waals surface area contributed by atoms with E-state index in [9.17, 15) is 17.6 Å². The minimum atomic E-state index is -3.76. The van der Waals surface area contributed by atoms with Crippen LogP contribution in [0.3, 0.4) is 0 Å². The van der Waals surface area contributed by atoms with Gasteiger partial charge in [-0.25, -0.2) is 22.8 Å². The predicted octanol–water partition coefficient (Wildman–Crippen LogP) is 3.28. The van der Waals surface area contributed by atoms with Crippen molar-refractivity contribution in [2.45, 2.75) is 11.3 Å². The SMILES string of the molecule is O=C(Cc1c[nH]c2ccc(F)cc12)N1CCN(c2ccc(S(=O)(=O)Nc3ccncn3)cc2)CC1.[HH].[HH]. The number of piperazine rings is 1. The summed E-state index contributed by atoms with van der Waals surface area (Å²) in [5.74, 6) is -0.141. The van der Waals surface area contributed by atoms with Crippen LogP contribution in [0.2, 0.25) is 0 Å². The van der Waals surface area contributed by atoms with E-state index < -0.39 is 10.0 Å². The number of nitrogens with one attached hydrogen (secondary N) is 2. The number of nitrogens with zero attached hydrogens (tertiary/aromatic N) is 4. The van der Waals surface area contributed by atoms with Gasteiger partial charge in [0, 0.05) is 58.0 Å². The Morgan fingerprint density at radius 1 is 1.09 bits per heavy atom. The first kappa shape index (κ1) is 22.8. The van der Waals surface area contributed by atoms with Crippen molar-refractivity contribution in [3.63, 3.8) is 0 Å². The molecule has 0 aliphatic carbocycles. The molecule has 1 aliphatic rings. The topological polar surface area (TPSA) is 111 Å². The molecule has 35 heavy (non-hydrogen) atoms. The van der Waals surface area contributed by atoms with Crippen molar-refractivity contribution in [2.24, 2.45) is 0 Å². The summed E-state index contributed by atoms with van der Waals surface area (Å²) in [5.41, 5.74) is 2.46. The number of anilines is 2. The molecule has 0 unspecified atom stereocenters. The van der Waals surface area contributed by atoms with Gasteiger partial charge in [-0.1, -0.05) is 0 Å². The second-order valence-electron chi connectivity index (χ2n) is 8.24. The summed E-state index contributed by atoms with van der Waals surface area (Å²) in [7, 11) is -3.76. The van der Waals surface area contributed by atoms with E-state index >= 15 is 0 Å². The molecule has 2 N–H and O–H groups in total. The number of aromatic amines is 1. The Hall–Kier alpha value is -3.99. The quantitative estimate of drug-likeness (QED) is 0.422. The fourth-order valence-electron chi connectivity index (χ4n) is 4.17. The molecule has 2 aromatic heterocycles. The van der Waals surface area contributed by atoms with Crippen LogP contribution in [0.1, 0.15) is 8.42 Å². The number of H-pyrrole nitrogens is 1. The van der Waals surface area contributed by atoms with Crippen LogP contribution in [0.25, 0.3) is 10.9 Å². The lowest BCUT2D eigenvalue weighted by atomic mass is 10.1. The van der Waals surface area contributed by atoms with Gasteiger partial charge in [0.05, 0.1) is 11.3 Å². The molecule has 9 nitrogen and oxygen atoms in total. The molecule has 1 aliphatic heterocycles. The van der Waals surface area contributed by atoms with Crippen LogP contribution in [0.5, 0.6) is 0 Å². The van der Waals surface area contributed by atoms with Gasteiger partial charge in [-0.2, -0.15) is 0 Å². The zero-order valence-electron chi connectivity index (χ0n) is 18.7. The average molecular weight is 499 g/mol. The number of halogens is 1. The number of amides is 1. The second-order valence-corrected chi connectivity index (χ2v) is 9.92. The summed E-state index contributed by atoms with van der Waals surface area (Å²) < 4.78 is 41.2. The highest BCUT2D eigenvalue weighted by Gasteiger charge is 2.23. The van der Waals surface area contributed by atoms with Crippen LogP contribution in [0, 0.1) is 5.82 Å². The molecular weight excluding hydrogens is 471 g/mol. The monoisotopic (exact) mass is 498 g/mol. The lowest BCUT2D eigenvalue weighted by Crippen LogP contribution is -2.49. The smallest absolute Gasteiger partial charge is 0.263 e. The number of fused-ring (bicyclic) bond motifs is 1. The van der Waals surface area contributed by atoms with Crippen LogP contribution in [0.15, 0.2) is 72.1 Å². The number of hydrogen-bond donors (Lipinski definition) is 2. The largest absolute Gasteiger partial charge is 0.368 e. The summed E-state index contributed by atoms with van der Waals surface area (Å²) >= 11 is 0. The van der Waals surface area contributed by atoms with Gasteiger partial charge in [-0.05, 0) is 54.1 Å². The number of sulfonamides is 1. The highest BCUT2D eigenvalue weighted by Crippen LogP contribution is 2.23. The Labute approximate surface area is 204 Å². The molecule has 11 heteroatoms. The van der Waals surface area contributed by atoms with E-state index in [1.54, 1.807) is 41.4 Å². The van der Waals surface area contributed by atoms with E-state index in [4.69, 9.17) is 0 Å². The third-order valence-corrected chi connectivity index (χ3v) is 7.41. The van der Waals surface area contributed by atoms with Crippen molar-refractivity contribution in [1.29, 1.82) is 0 Å². The van der Waals surface area contributed by atoms with E-state index in [0.29, 0.717) is 26.2 Å². The first-order valence-electron chi connectivity index (χ1n) is 11.1. The maximum Gasteiger partial charge on any atom is 0.263 e. The van der Waals surface area contributed by atoms with Crippen LogP contribution in [0.4, 0.5) is 15.9 Å². The van der Waals surface area contributed by atoms with E-state index in [1.165, 1.54) is 30.7 Å². The molecule has 0 atom stereocenters. The van der Waals surface area contributed by atoms with Gasteiger partial charge in [0.15, 0.2) is 0 Å². The highest BCUT2D eigenvalue weighted by atomic mass is 32.2. The molecule has 0 spiro atoms. The molecule has 3 heterocycles. The van der Waals surface area contributed by atoms with E-state index in [1.807, 2.05) is 0 Å². The Bertz CT molecular complexity index is 1460. The summed E-state index contributed by atoms with van der Waals surface area (Å²) in [5, 5.41) is 0.723. The Balaban J connectivity index is 0.00000190. The van der Waals surface area contributed by atoms with E-state index in [0.717, 1.165) is 22.2 Å². The molecule has 5 rings (SSSR count). The summed E-state index contributed by atoms with van der Waals surface area (Å²) in [6.07, 6.45) is 4.69. The van der Waals surface area contributed by atoms with E-state index in [2.05, 4.69) is 24.6 Å². The minimum Gasteiger partial charge on any atom is -0.368 e. The van der Waals surface area contributed by atoms with Crippen LogP contribution < -0.4 is 9.62 Å². The van der Waals surface area contributed by atoms with Gasteiger partial charge in [0.25, 0.3) is 10.0 Å². The van der Waals surface area contributed by atoms with Crippen molar-refractivity contribution >= 4 is 38.3 Å². The van der Waals surface area contributed by atoms with Crippen molar-refractivity contribution < 1.29 is 20.5 Å². The zero-order chi connectivity index (χ0) is 24.4. The molecule has 4 aromatic rings. The third-order valence-electron chi connectivity index (χ3n) is 6.04.